The SMILES string of the molecule is COc1cc(NC(=O)c2cnn3c2N[C@@H](c2cccs2)C[C@@H]3C(F)(F)F)cc(OC)c1OC. The number of carbonyl (C=O) groups excluding carboxylic acids is 1. The minimum Gasteiger partial charge on any atom is -0.493 e. The highest BCUT2D eigenvalue weighted by Crippen LogP contribution is 2.45. The topological polar surface area (TPSA) is 86.6 Å². The lowest BCUT2D eigenvalue weighted by Crippen LogP contribution is -2.36. The zero-order chi connectivity index (χ0) is 23.8. The van der Waals surface area contributed by atoms with Crippen molar-refractivity contribution < 1.29 is 32.2 Å². The van der Waals surface area contributed by atoms with Gasteiger partial charge in [-0.25, -0.2) is 4.68 Å². The fourth-order valence-electron chi connectivity index (χ4n) is 3.76. The summed E-state index contributed by atoms with van der Waals surface area (Å²) in [6.07, 6.45) is -3.62. The number of benzene rings is 1. The zero-order valence-corrected chi connectivity index (χ0v) is 18.7. The predicted molar refractivity (Wildman–Crippen MR) is 117 cm³/mol. The Kier molecular flexibility index (Phi) is 6.11. The van der Waals surface area contributed by atoms with Gasteiger partial charge in [0.15, 0.2) is 17.5 Å². The normalized spacial score (nSPS) is 17.6. The van der Waals surface area contributed by atoms with E-state index in [1.807, 2.05) is 0 Å². The van der Waals surface area contributed by atoms with E-state index in [0.29, 0.717) is 22.9 Å². The molecule has 0 saturated heterocycles. The zero-order valence-electron chi connectivity index (χ0n) is 17.9. The van der Waals surface area contributed by atoms with Crippen molar-refractivity contribution in [3.8, 4) is 17.2 Å². The Labute approximate surface area is 191 Å². The Morgan fingerprint density at radius 1 is 1.21 bits per heavy atom. The maximum atomic E-state index is 13.8. The molecule has 2 atom stereocenters. The van der Waals surface area contributed by atoms with Crippen molar-refractivity contribution in [1.82, 2.24) is 9.78 Å². The van der Waals surface area contributed by atoms with E-state index in [-0.39, 0.29) is 17.8 Å². The predicted octanol–water partition coefficient (Wildman–Crippen LogP) is 4.88. The summed E-state index contributed by atoms with van der Waals surface area (Å²) >= 11 is 1.35. The molecule has 4 rings (SSSR count). The molecule has 0 fully saturated rings. The molecule has 0 spiro atoms. The van der Waals surface area contributed by atoms with Gasteiger partial charge < -0.3 is 24.8 Å². The average Bonchev–Trinajstić information content (AvgIpc) is 3.47. The van der Waals surface area contributed by atoms with Crippen LogP contribution >= 0.6 is 11.3 Å². The van der Waals surface area contributed by atoms with Crippen LogP contribution in [0.1, 0.15) is 33.7 Å². The molecule has 3 heterocycles. The van der Waals surface area contributed by atoms with Gasteiger partial charge in [-0.15, -0.1) is 11.3 Å². The first-order chi connectivity index (χ1) is 15.8. The molecule has 0 radical (unpaired) electrons. The molecule has 0 bridgehead atoms. The minimum atomic E-state index is -4.52. The third kappa shape index (κ3) is 4.30. The number of ether oxygens (including phenoxy) is 3. The summed E-state index contributed by atoms with van der Waals surface area (Å²) in [5.41, 5.74) is 0.298. The third-order valence-corrected chi connectivity index (χ3v) is 6.28. The average molecular weight is 482 g/mol. The maximum Gasteiger partial charge on any atom is 0.410 e. The number of thiophene rings is 1. The number of amides is 1. The molecule has 176 valence electrons. The van der Waals surface area contributed by atoms with Gasteiger partial charge in [0.05, 0.1) is 33.6 Å². The van der Waals surface area contributed by atoms with Crippen LogP contribution in [0.25, 0.3) is 0 Å². The molecule has 2 aromatic heterocycles. The van der Waals surface area contributed by atoms with E-state index in [1.54, 1.807) is 17.5 Å². The number of nitrogens with zero attached hydrogens (tertiary/aromatic N) is 2. The molecule has 1 aliphatic rings. The van der Waals surface area contributed by atoms with E-state index < -0.39 is 24.2 Å². The van der Waals surface area contributed by atoms with Crippen LogP contribution in [0.3, 0.4) is 0 Å². The third-order valence-electron chi connectivity index (χ3n) is 5.29. The van der Waals surface area contributed by atoms with Gasteiger partial charge in [-0.3, -0.25) is 4.79 Å². The number of aromatic nitrogens is 2. The fraction of sp³-hybridized carbons (Fsp3) is 0.333. The summed E-state index contributed by atoms with van der Waals surface area (Å²) in [4.78, 5) is 13.8. The van der Waals surface area contributed by atoms with Crippen molar-refractivity contribution in [2.24, 2.45) is 0 Å². The summed E-state index contributed by atoms with van der Waals surface area (Å²) in [7, 11) is 4.32. The van der Waals surface area contributed by atoms with Gasteiger partial charge in [0.1, 0.15) is 11.4 Å². The molecule has 0 aliphatic carbocycles. The lowest BCUT2D eigenvalue weighted by atomic mass is 10.0. The van der Waals surface area contributed by atoms with Crippen molar-refractivity contribution in [1.29, 1.82) is 0 Å². The van der Waals surface area contributed by atoms with Crippen LogP contribution < -0.4 is 24.8 Å². The number of hydrogen-bond donors (Lipinski definition) is 2. The second-order valence-electron chi connectivity index (χ2n) is 7.23. The Morgan fingerprint density at radius 3 is 2.45 bits per heavy atom. The smallest absolute Gasteiger partial charge is 0.410 e. The highest BCUT2D eigenvalue weighted by molar-refractivity contribution is 7.10. The van der Waals surface area contributed by atoms with Gasteiger partial charge in [0, 0.05) is 29.1 Å². The molecule has 2 N–H and O–H groups in total. The Morgan fingerprint density at radius 2 is 1.91 bits per heavy atom. The van der Waals surface area contributed by atoms with Crippen LogP contribution in [-0.4, -0.2) is 43.2 Å². The lowest BCUT2D eigenvalue weighted by Gasteiger charge is -2.33. The molecule has 12 heteroatoms. The van der Waals surface area contributed by atoms with E-state index in [0.717, 1.165) is 15.8 Å². The van der Waals surface area contributed by atoms with E-state index in [9.17, 15) is 18.0 Å². The highest BCUT2D eigenvalue weighted by Gasteiger charge is 2.47. The number of alkyl halides is 3. The first kappa shape index (κ1) is 22.8. The van der Waals surface area contributed by atoms with Crippen LogP contribution in [-0.2, 0) is 0 Å². The number of rotatable bonds is 6. The largest absolute Gasteiger partial charge is 0.493 e. The second-order valence-corrected chi connectivity index (χ2v) is 8.20. The van der Waals surface area contributed by atoms with Crippen LogP contribution in [0.4, 0.5) is 24.7 Å². The monoisotopic (exact) mass is 482 g/mol. The van der Waals surface area contributed by atoms with Crippen molar-refractivity contribution in [2.45, 2.75) is 24.7 Å². The Bertz CT molecular complexity index is 1120. The van der Waals surface area contributed by atoms with E-state index in [4.69, 9.17) is 14.2 Å². The summed E-state index contributed by atoms with van der Waals surface area (Å²) < 4.78 is 58.1. The van der Waals surface area contributed by atoms with Crippen LogP contribution in [0.15, 0.2) is 35.8 Å². The number of halogens is 3. The van der Waals surface area contributed by atoms with Crippen LogP contribution in [0.2, 0.25) is 0 Å². The maximum absolute atomic E-state index is 13.8. The van der Waals surface area contributed by atoms with Crippen LogP contribution in [0, 0.1) is 0 Å². The van der Waals surface area contributed by atoms with Gasteiger partial charge in [-0.05, 0) is 11.4 Å². The first-order valence-corrected chi connectivity index (χ1v) is 10.7. The molecule has 1 aliphatic heterocycles. The summed E-state index contributed by atoms with van der Waals surface area (Å²) in [6, 6.07) is 4.12. The summed E-state index contributed by atoms with van der Waals surface area (Å²) in [5.74, 6) is 0.349. The van der Waals surface area contributed by atoms with Gasteiger partial charge >= 0.3 is 6.18 Å². The molecule has 0 saturated carbocycles. The minimum absolute atomic E-state index is 0.00640. The number of fused-ring (bicyclic) bond motifs is 1. The number of anilines is 2. The molecule has 1 amide bonds. The molecule has 1 aromatic carbocycles. The number of carbonyl (C=O) groups is 1. The van der Waals surface area contributed by atoms with Gasteiger partial charge in [-0.1, -0.05) is 6.07 Å². The molecule has 0 unspecified atom stereocenters. The van der Waals surface area contributed by atoms with E-state index in [1.165, 1.54) is 44.8 Å². The number of nitrogens with one attached hydrogen (secondary N) is 2. The molecular formula is C21H21F3N4O4S. The molecule has 3 aromatic rings. The summed E-state index contributed by atoms with van der Waals surface area (Å²) in [6.45, 7) is 0. The summed E-state index contributed by atoms with van der Waals surface area (Å²) in [5, 5.41) is 11.4. The highest BCUT2D eigenvalue weighted by atomic mass is 32.1. The van der Waals surface area contributed by atoms with Crippen LogP contribution in [0.5, 0.6) is 17.2 Å². The van der Waals surface area contributed by atoms with E-state index in [2.05, 4.69) is 15.7 Å². The molecular weight excluding hydrogens is 461 g/mol. The van der Waals surface area contributed by atoms with Crippen molar-refractivity contribution in [3.63, 3.8) is 0 Å². The molecule has 8 nitrogen and oxygen atoms in total. The van der Waals surface area contributed by atoms with Gasteiger partial charge in [0.25, 0.3) is 5.91 Å². The Balaban J connectivity index is 1.68. The number of methoxy groups -OCH3 is 3. The van der Waals surface area contributed by atoms with Crippen molar-refractivity contribution >= 4 is 28.7 Å². The molecule has 33 heavy (non-hydrogen) atoms. The van der Waals surface area contributed by atoms with Crippen molar-refractivity contribution in [3.05, 3.63) is 46.3 Å². The van der Waals surface area contributed by atoms with Gasteiger partial charge in [0.2, 0.25) is 5.75 Å². The van der Waals surface area contributed by atoms with Crippen molar-refractivity contribution in [2.75, 3.05) is 32.0 Å². The first-order valence-electron chi connectivity index (χ1n) is 9.82. The Hall–Kier alpha value is -3.41. The quantitative estimate of drug-likeness (QED) is 0.521. The number of hydrogen-bond acceptors (Lipinski definition) is 7. The van der Waals surface area contributed by atoms with E-state index >= 15 is 0 Å². The lowest BCUT2D eigenvalue weighted by molar-refractivity contribution is -0.173. The second kappa shape index (κ2) is 8.85. The fourth-order valence-corrected chi connectivity index (χ4v) is 4.55. The standard InChI is InChI=1S/C21H21F3N4O4S/c1-30-14-7-11(8-15(31-2)18(14)32-3)26-20(29)12-10-25-28-17(21(22,23)24)9-13(27-19(12)28)16-5-4-6-33-16/h4-8,10,13,17,27H,9H2,1-3H3,(H,26,29)/t13-,17-/m1/s1. The van der Waals surface area contributed by atoms with Gasteiger partial charge in [-0.2, -0.15) is 18.3 Å².